The second kappa shape index (κ2) is 8.58. The van der Waals surface area contributed by atoms with Crippen LogP contribution in [0.25, 0.3) is 0 Å². The van der Waals surface area contributed by atoms with E-state index in [9.17, 15) is 18.8 Å². The average Bonchev–Trinajstić information content (AvgIpc) is 2.70. The summed E-state index contributed by atoms with van der Waals surface area (Å²) in [5.41, 5.74) is 2.48. The summed E-state index contributed by atoms with van der Waals surface area (Å²) in [7, 11) is 1.30. The number of nitrogens with one attached hydrogen (secondary N) is 1. The molecular formula is C22H23F2N3O2. The number of hydrogen-bond acceptors (Lipinski definition) is 5. The number of piperidine rings is 1. The van der Waals surface area contributed by atoms with Gasteiger partial charge in [-0.1, -0.05) is 6.07 Å². The van der Waals surface area contributed by atoms with Gasteiger partial charge < -0.3 is 15.0 Å². The summed E-state index contributed by atoms with van der Waals surface area (Å²) < 4.78 is 33.6. The predicted molar refractivity (Wildman–Crippen MR) is 106 cm³/mol. The van der Waals surface area contributed by atoms with Crippen LogP contribution >= 0.6 is 0 Å². The number of esters is 1. The number of ether oxygens (including phenoxy) is 1. The maximum atomic E-state index is 15.0. The second-order valence-corrected chi connectivity index (χ2v) is 7.19. The fourth-order valence-electron chi connectivity index (χ4n) is 3.89. The Balaban J connectivity index is 2.27. The minimum absolute atomic E-state index is 0.0311. The lowest BCUT2D eigenvalue weighted by Crippen LogP contribution is -2.42. The minimum atomic E-state index is -0.806. The minimum Gasteiger partial charge on any atom is -0.465 e. The van der Waals surface area contributed by atoms with Crippen LogP contribution < -0.4 is 10.2 Å². The van der Waals surface area contributed by atoms with Gasteiger partial charge in [-0.2, -0.15) is 5.26 Å². The molecule has 0 atom stereocenters. The van der Waals surface area contributed by atoms with E-state index in [4.69, 9.17) is 4.74 Å². The molecule has 0 aliphatic carbocycles. The lowest BCUT2D eigenvalue weighted by Gasteiger charge is -2.38. The normalized spacial score (nSPS) is 14.3. The molecule has 0 spiro atoms. The van der Waals surface area contributed by atoms with Crippen molar-refractivity contribution in [1.29, 1.82) is 5.26 Å². The van der Waals surface area contributed by atoms with E-state index in [-0.39, 0.29) is 17.3 Å². The van der Waals surface area contributed by atoms with Crippen LogP contribution in [0.5, 0.6) is 0 Å². The molecule has 152 valence electrons. The Kier molecular flexibility index (Phi) is 6.14. The van der Waals surface area contributed by atoms with Crippen molar-refractivity contribution in [2.24, 2.45) is 0 Å². The van der Waals surface area contributed by atoms with Gasteiger partial charge in [-0.25, -0.2) is 13.6 Å². The highest BCUT2D eigenvalue weighted by molar-refractivity contribution is 5.93. The second-order valence-electron chi connectivity index (χ2n) is 7.19. The van der Waals surface area contributed by atoms with Crippen LogP contribution in [0.4, 0.5) is 20.2 Å². The highest BCUT2D eigenvalue weighted by Crippen LogP contribution is 2.38. The summed E-state index contributed by atoms with van der Waals surface area (Å²) in [6.07, 6.45) is 1.42. The molecule has 2 aromatic rings. The number of hydrogen-bond donors (Lipinski definition) is 1. The van der Waals surface area contributed by atoms with Gasteiger partial charge in [0.25, 0.3) is 0 Å². The molecule has 0 unspecified atom stereocenters. The summed E-state index contributed by atoms with van der Waals surface area (Å²) in [5, 5.41) is 12.8. The maximum Gasteiger partial charge on any atom is 0.338 e. The number of anilines is 2. The summed E-state index contributed by atoms with van der Waals surface area (Å²) in [4.78, 5) is 14.0. The summed E-state index contributed by atoms with van der Waals surface area (Å²) in [6, 6.07) is 7.13. The SMILES string of the molecule is COC(=O)c1cc(N(c2c(F)cc(F)cc2C#N)C2CCNCC2)c(C)cc1C. The average molecular weight is 399 g/mol. The van der Waals surface area contributed by atoms with Crippen LogP contribution in [0, 0.1) is 36.8 Å². The lowest BCUT2D eigenvalue weighted by atomic mass is 9.97. The molecule has 0 radical (unpaired) electrons. The summed E-state index contributed by atoms with van der Waals surface area (Å²) in [6.45, 7) is 5.14. The number of halogens is 2. The Hall–Kier alpha value is -2.98. The first kappa shape index (κ1) is 20.7. The zero-order valence-corrected chi connectivity index (χ0v) is 16.7. The van der Waals surface area contributed by atoms with Gasteiger partial charge in [0.15, 0.2) is 5.82 Å². The molecule has 1 aliphatic rings. The van der Waals surface area contributed by atoms with Gasteiger partial charge in [0, 0.05) is 17.8 Å². The van der Waals surface area contributed by atoms with Crippen LogP contribution in [0.15, 0.2) is 24.3 Å². The number of nitrogens with zero attached hydrogens (tertiary/aromatic N) is 2. The van der Waals surface area contributed by atoms with Gasteiger partial charge in [0.05, 0.1) is 23.9 Å². The first-order chi connectivity index (χ1) is 13.9. The lowest BCUT2D eigenvalue weighted by molar-refractivity contribution is 0.0600. The Morgan fingerprint density at radius 1 is 1.17 bits per heavy atom. The van der Waals surface area contributed by atoms with Gasteiger partial charge >= 0.3 is 5.97 Å². The molecule has 0 aromatic heterocycles. The molecular weight excluding hydrogens is 376 g/mol. The van der Waals surface area contributed by atoms with Crippen molar-refractivity contribution in [2.45, 2.75) is 32.7 Å². The summed E-state index contributed by atoms with van der Waals surface area (Å²) in [5.74, 6) is -2.10. The largest absolute Gasteiger partial charge is 0.465 e. The quantitative estimate of drug-likeness (QED) is 0.783. The maximum absolute atomic E-state index is 15.0. The van der Waals surface area contributed by atoms with E-state index in [1.54, 1.807) is 17.9 Å². The first-order valence-corrected chi connectivity index (χ1v) is 9.46. The van der Waals surface area contributed by atoms with Crippen LogP contribution in [0.2, 0.25) is 0 Å². The number of nitriles is 1. The number of methoxy groups -OCH3 is 1. The number of benzene rings is 2. The third-order valence-corrected chi connectivity index (χ3v) is 5.27. The van der Waals surface area contributed by atoms with Crippen molar-refractivity contribution in [3.63, 3.8) is 0 Å². The molecule has 1 aliphatic heterocycles. The van der Waals surface area contributed by atoms with Crippen molar-refractivity contribution >= 4 is 17.3 Å². The standard InChI is InChI=1S/C22H23F2N3O2/c1-13-8-14(2)20(11-18(13)22(28)29-3)27(17-4-6-26-7-5-17)21-15(12-25)9-16(23)10-19(21)24/h8-11,17,26H,4-7H2,1-3H3. The third-order valence-electron chi connectivity index (χ3n) is 5.27. The predicted octanol–water partition coefficient (Wildman–Crippen LogP) is 4.13. The van der Waals surface area contributed by atoms with Crippen molar-refractivity contribution in [1.82, 2.24) is 5.32 Å². The molecule has 29 heavy (non-hydrogen) atoms. The van der Waals surface area contributed by atoms with Crippen molar-refractivity contribution in [3.05, 3.63) is 58.2 Å². The first-order valence-electron chi connectivity index (χ1n) is 9.46. The van der Waals surface area contributed by atoms with Crippen LogP contribution in [0.3, 0.4) is 0 Å². The molecule has 5 nitrogen and oxygen atoms in total. The molecule has 1 fully saturated rings. The number of carbonyl (C=O) groups excluding carboxylic acids is 1. The van der Waals surface area contributed by atoms with Crippen molar-refractivity contribution < 1.29 is 18.3 Å². The van der Waals surface area contributed by atoms with E-state index < -0.39 is 17.6 Å². The molecule has 0 bridgehead atoms. The van der Waals surface area contributed by atoms with Gasteiger partial charge in [0.2, 0.25) is 0 Å². The highest BCUT2D eigenvalue weighted by atomic mass is 19.1. The van der Waals surface area contributed by atoms with E-state index in [0.717, 1.165) is 36.3 Å². The van der Waals surface area contributed by atoms with E-state index in [2.05, 4.69) is 5.32 Å². The van der Waals surface area contributed by atoms with Gasteiger partial charge in [-0.05, 0) is 63.0 Å². The van der Waals surface area contributed by atoms with E-state index in [0.29, 0.717) is 24.1 Å². The summed E-state index contributed by atoms with van der Waals surface area (Å²) >= 11 is 0. The Morgan fingerprint density at radius 2 is 1.86 bits per heavy atom. The zero-order valence-electron chi connectivity index (χ0n) is 16.7. The molecule has 1 saturated heterocycles. The molecule has 2 aromatic carbocycles. The van der Waals surface area contributed by atoms with E-state index in [1.807, 2.05) is 19.1 Å². The molecule has 7 heteroatoms. The molecule has 3 rings (SSSR count). The molecule has 0 amide bonds. The van der Waals surface area contributed by atoms with Crippen LogP contribution in [-0.2, 0) is 4.74 Å². The topological polar surface area (TPSA) is 65.4 Å². The van der Waals surface area contributed by atoms with Gasteiger partial charge in [-0.15, -0.1) is 0 Å². The van der Waals surface area contributed by atoms with Crippen LogP contribution in [0.1, 0.15) is 39.9 Å². The van der Waals surface area contributed by atoms with Crippen molar-refractivity contribution in [2.75, 3.05) is 25.1 Å². The Bertz CT molecular complexity index is 979. The Morgan fingerprint density at radius 3 is 2.48 bits per heavy atom. The number of carbonyl (C=O) groups is 1. The smallest absolute Gasteiger partial charge is 0.338 e. The van der Waals surface area contributed by atoms with Gasteiger partial charge in [0.1, 0.15) is 11.9 Å². The number of aryl methyl sites for hydroxylation is 2. The van der Waals surface area contributed by atoms with E-state index in [1.165, 1.54) is 7.11 Å². The Labute approximate surface area is 168 Å². The highest BCUT2D eigenvalue weighted by Gasteiger charge is 2.30. The van der Waals surface area contributed by atoms with E-state index >= 15 is 0 Å². The molecule has 1 N–H and O–H groups in total. The zero-order chi connectivity index (χ0) is 21.1. The fraction of sp³-hybridized carbons (Fsp3) is 0.364. The van der Waals surface area contributed by atoms with Crippen LogP contribution in [-0.4, -0.2) is 32.2 Å². The molecule has 0 saturated carbocycles. The molecule has 1 heterocycles. The fourth-order valence-corrected chi connectivity index (χ4v) is 3.89. The number of rotatable bonds is 4. The third kappa shape index (κ3) is 4.08. The van der Waals surface area contributed by atoms with Gasteiger partial charge in [-0.3, -0.25) is 0 Å². The monoisotopic (exact) mass is 399 g/mol. The van der Waals surface area contributed by atoms with Crippen molar-refractivity contribution in [3.8, 4) is 6.07 Å².